The lowest BCUT2D eigenvalue weighted by Gasteiger charge is -2.12. The molecule has 0 amide bonds. The summed E-state index contributed by atoms with van der Waals surface area (Å²) in [4.78, 5) is 11.0. The van der Waals surface area contributed by atoms with Crippen molar-refractivity contribution in [2.45, 2.75) is 18.7 Å². The molecule has 0 heterocycles. The molecule has 1 aromatic rings. The molecule has 1 rings (SSSR count). The molecule has 0 aromatic heterocycles. The van der Waals surface area contributed by atoms with Crippen LogP contribution < -0.4 is 0 Å². The number of ether oxygens (including phenoxy) is 1. The van der Waals surface area contributed by atoms with Crippen LogP contribution in [0.2, 0.25) is 0 Å². The maximum absolute atomic E-state index is 12.4. The number of hydrogen-bond donors (Lipinski definition) is 1. The highest BCUT2D eigenvalue weighted by molar-refractivity contribution is 9.10. The average Bonchev–Trinajstić information content (AvgIpc) is 2.29. The molecule has 1 unspecified atom stereocenters. The van der Waals surface area contributed by atoms with E-state index >= 15 is 0 Å². The Balaban J connectivity index is 2.90. The zero-order chi connectivity index (χ0) is 13.9. The Kier molecular flexibility index (Phi) is 4.75. The molecule has 0 saturated heterocycles. The van der Waals surface area contributed by atoms with E-state index in [1.54, 1.807) is 0 Å². The van der Waals surface area contributed by atoms with Crippen molar-refractivity contribution < 1.29 is 27.8 Å². The second kappa shape index (κ2) is 5.71. The van der Waals surface area contributed by atoms with E-state index in [-0.39, 0.29) is 10.9 Å². The maximum atomic E-state index is 12.4. The first kappa shape index (κ1) is 15.0. The molecule has 0 aliphatic carbocycles. The molecule has 18 heavy (non-hydrogen) atoms. The van der Waals surface area contributed by atoms with Crippen molar-refractivity contribution in [2.24, 2.45) is 0 Å². The van der Waals surface area contributed by atoms with E-state index in [1.165, 1.54) is 6.07 Å². The molecule has 100 valence electrons. The standard InChI is InChI=1S/C11H10BrF3O3/c1-18-10(17)9(16)4-6-2-3-7(5-8(6)12)11(13,14)15/h2-3,5,9,16H,4H2,1H3. The van der Waals surface area contributed by atoms with Gasteiger partial charge in [-0.25, -0.2) is 4.79 Å². The van der Waals surface area contributed by atoms with Crippen LogP contribution in [0.3, 0.4) is 0 Å². The molecule has 0 fully saturated rings. The minimum absolute atomic E-state index is 0.120. The van der Waals surface area contributed by atoms with Gasteiger partial charge in [0.1, 0.15) is 0 Å². The summed E-state index contributed by atoms with van der Waals surface area (Å²) in [6.07, 6.45) is -5.95. The van der Waals surface area contributed by atoms with Gasteiger partial charge in [-0.2, -0.15) is 13.2 Å². The quantitative estimate of drug-likeness (QED) is 0.868. The predicted octanol–water partition coefficient (Wildman–Crippen LogP) is 2.54. The Labute approximate surface area is 110 Å². The monoisotopic (exact) mass is 326 g/mol. The summed E-state index contributed by atoms with van der Waals surface area (Å²) in [7, 11) is 1.12. The van der Waals surface area contributed by atoms with Gasteiger partial charge in [0.2, 0.25) is 0 Å². The van der Waals surface area contributed by atoms with Crippen molar-refractivity contribution in [1.29, 1.82) is 0 Å². The summed E-state index contributed by atoms with van der Waals surface area (Å²) in [5.74, 6) is -0.832. The minimum atomic E-state index is -4.43. The highest BCUT2D eigenvalue weighted by Crippen LogP contribution is 2.32. The average molecular weight is 327 g/mol. The van der Waals surface area contributed by atoms with E-state index in [2.05, 4.69) is 20.7 Å². The highest BCUT2D eigenvalue weighted by Gasteiger charge is 2.31. The summed E-state index contributed by atoms with van der Waals surface area (Å²) >= 11 is 2.98. The molecule has 7 heteroatoms. The van der Waals surface area contributed by atoms with Gasteiger partial charge in [-0.15, -0.1) is 0 Å². The van der Waals surface area contributed by atoms with Crippen molar-refractivity contribution in [2.75, 3.05) is 7.11 Å². The first-order chi connectivity index (χ1) is 8.25. The van der Waals surface area contributed by atoms with Crippen LogP contribution in [0.5, 0.6) is 0 Å². The molecule has 0 spiro atoms. The third kappa shape index (κ3) is 3.71. The number of benzene rings is 1. The summed E-state index contributed by atoms with van der Waals surface area (Å²) in [6.45, 7) is 0. The van der Waals surface area contributed by atoms with E-state index in [9.17, 15) is 23.1 Å². The lowest BCUT2D eigenvalue weighted by atomic mass is 10.1. The Hall–Kier alpha value is -1.08. The van der Waals surface area contributed by atoms with Gasteiger partial charge >= 0.3 is 12.1 Å². The Morgan fingerprint density at radius 2 is 2.11 bits per heavy atom. The van der Waals surface area contributed by atoms with Gasteiger partial charge < -0.3 is 9.84 Å². The number of hydrogen-bond acceptors (Lipinski definition) is 3. The molecule has 0 aliphatic heterocycles. The number of carbonyl (C=O) groups excluding carboxylic acids is 1. The van der Waals surface area contributed by atoms with Gasteiger partial charge in [-0.1, -0.05) is 22.0 Å². The summed E-state index contributed by atoms with van der Waals surface area (Å²) in [5, 5.41) is 9.41. The molecule has 3 nitrogen and oxygen atoms in total. The van der Waals surface area contributed by atoms with E-state index in [4.69, 9.17) is 0 Å². The van der Waals surface area contributed by atoms with Crippen LogP contribution in [0.25, 0.3) is 0 Å². The van der Waals surface area contributed by atoms with Gasteiger partial charge in [0, 0.05) is 10.9 Å². The number of rotatable bonds is 3. The van der Waals surface area contributed by atoms with Crippen molar-refractivity contribution in [3.63, 3.8) is 0 Å². The fraction of sp³-hybridized carbons (Fsp3) is 0.364. The van der Waals surface area contributed by atoms with Gasteiger partial charge in [0.25, 0.3) is 0 Å². The van der Waals surface area contributed by atoms with E-state index < -0.39 is 23.8 Å². The number of carbonyl (C=O) groups is 1. The number of alkyl halides is 3. The largest absolute Gasteiger partial charge is 0.467 e. The first-order valence-electron chi connectivity index (χ1n) is 4.87. The Morgan fingerprint density at radius 3 is 2.56 bits per heavy atom. The second-order valence-corrected chi connectivity index (χ2v) is 4.40. The number of methoxy groups -OCH3 is 1. The van der Waals surface area contributed by atoms with Crippen LogP contribution in [-0.2, 0) is 22.1 Å². The summed E-state index contributed by atoms with van der Waals surface area (Å²) in [6, 6.07) is 3.00. The zero-order valence-electron chi connectivity index (χ0n) is 9.29. The third-order valence-corrected chi connectivity index (χ3v) is 3.01. The van der Waals surface area contributed by atoms with E-state index in [0.29, 0.717) is 5.56 Å². The smallest absolute Gasteiger partial charge is 0.416 e. The fourth-order valence-electron chi connectivity index (χ4n) is 1.32. The van der Waals surface area contributed by atoms with Crippen molar-refractivity contribution in [3.05, 3.63) is 33.8 Å². The van der Waals surface area contributed by atoms with Crippen molar-refractivity contribution >= 4 is 21.9 Å². The summed E-state index contributed by atoms with van der Waals surface area (Å²) in [5.41, 5.74) is -0.411. The van der Waals surface area contributed by atoms with E-state index in [0.717, 1.165) is 19.2 Å². The number of aliphatic hydroxyl groups is 1. The lowest BCUT2D eigenvalue weighted by Crippen LogP contribution is -2.24. The third-order valence-electron chi connectivity index (χ3n) is 2.27. The van der Waals surface area contributed by atoms with Crippen molar-refractivity contribution in [1.82, 2.24) is 0 Å². The number of esters is 1. The van der Waals surface area contributed by atoms with E-state index in [1.807, 2.05) is 0 Å². The zero-order valence-corrected chi connectivity index (χ0v) is 10.9. The molecule has 1 N–H and O–H groups in total. The molecule has 0 radical (unpaired) electrons. The summed E-state index contributed by atoms with van der Waals surface area (Å²) < 4.78 is 41.7. The minimum Gasteiger partial charge on any atom is -0.467 e. The van der Waals surface area contributed by atoms with Crippen LogP contribution in [0.4, 0.5) is 13.2 Å². The molecular formula is C11H10BrF3O3. The topological polar surface area (TPSA) is 46.5 Å². The van der Waals surface area contributed by atoms with Crippen LogP contribution in [0.1, 0.15) is 11.1 Å². The normalized spacial score (nSPS) is 13.2. The number of aliphatic hydroxyl groups excluding tert-OH is 1. The van der Waals surface area contributed by atoms with Crippen LogP contribution >= 0.6 is 15.9 Å². The van der Waals surface area contributed by atoms with Crippen molar-refractivity contribution in [3.8, 4) is 0 Å². The Bertz CT molecular complexity index is 446. The number of halogens is 4. The molecule has 0 saturated carbocycles. The first-order valence-corrected chi connectivity index (χ1v) is 5.66. The van der Waals surface area contributed by atoms with Gasteiger partial charge in [-0.05, 0) is 17.7 Å². The SMILES string of the molecule is COC(=O)C(O)Cc1ccc(C(F)(F)F)cc1Br. The van der Waals surface area contributed by atoms with Gasteiger partial charge in [0.15, 0.2) is 6.10 Å². The molecule has 0 aliphatic rings. The second-order valence-electron chi connectivity index (χ2n) is 3.55. The Morgan fingerprint density at radius 1 is 1.50 bits per heavy atom. The molecular weight excluding hydrogens is 317 g/mol. The maximum Gasteiger partial charge on any atom is 0.416 e. The highest BCUT2D eigenvalue weighted by atomic mass is 79.9. The predicted molar refractivity (Wildman–Crippen MR) is 60.9 cm³/mol. The van der Waals surface area contributed by atoms with Gasteiger partial charge in [0.05, 0.1) is 12.7 Å². The molecule has 1 aromatic carbocycles. The van der Waals surface area contributed by atoms with Gasteiger partial charge in [-0.3, -0.25) is 0 Å². The van der Waals surface area contributed by atoms with Crippen LogP contribution in [0, 0.1) is 0 Å². The fourth-order valence-corrected chi connectivity index (χ4v) is 1.86. The molecule has 0 bridgehead atoms. The molecule has 1 atom stereocenters. The lowest BCUT2D eigenvalue weighted by molar-refractivity contribution is -0.150. The van der Waals surface area contributed by atoms with Crippen LogP contribution in [0.15, 0.2) is 22.7 Å². The van der Waals surface area contributed by atoms with Crippen LogP contribution in [-0.4, -0.2) is 24.3 Å².